The number of thiophene rings is 1. The molecule has 2 aromatic heterocycles. The van der Waals surface area contributed by atoms with Gasteiger partial charge in [0, 0.05) is 38.5 Å². The minimum atomic E-state index is -3.98. The van der Waals surface area contributed by atoms with Crippen LogP contribution in [0.2, 0.25) is 5.02 Å². The molecule has 0 fully saturated rings. The van der Waals surface area contributed by atoms with Crippen molar-refractivity contribution in [2.75, 3.05) is 0 Å². The Labute approximate surface area is 218 Å². The molecule has 0 bridgehead atoms. The van der Waals surface area contributed by atoms with Crippen molar-refractivity contribution in [3.05, 3.63) is 111 Å². The number of H-pyrrole nitrogens is 1. The van der Waals surface area contributed by atoms with Crippen molar-refractivity contribution in [2.45, 2.75) is 25.2 Å². The number of aryl methyl sites for hydroxylation is 2. The Balaban J connectivity index is 1.43. The van der Waals surface area contributed by atoms with Gasteiger partial charge >= 0.3 is 0 Å². The maximum absolute atomic E-state index is 12.9. The van der Waals surface area contributed by atoms with E-state index in [1.54, 1.807) is 41.7 Å². The van der Waals surface area contributed by atoms with Gasteiger partial charge in [-0.15, -0.1) is 11.3 Å². The number of rotatable bonds is 6. The Morgan fingerprint density at radius 3 is 2.47 bits per heavy atom. The second-order valence-electron chi connectivity index (χ2n) is 8.70. The standard InChI is InChI=1S/C28H23ClN2O3S2/c1-17-5-10-22(11-6-17)36(33,34)31-28(32)21-9-12-26-24(15-21)23(18(2)30-26)14-19-7-8-20(16-25(19)29)27-4-3-13-35-27/h3-13,15-16,30H,14H2,1-2H3,(H,31,32). The van der Waals surface area contributed by atoms with Crippen molar-refractivity contribution in [3.8, 4) is 10.4 Å². The number of hydrogen-bond acceptors (Lipinski definition) is 4. The van der Waals surface area contributed by atoms with Crippen LogP contribution in [0.15, 0.2) is 83.1 Å². The van der Waals surface area contributed by atoms with Crippen LogP contribution in [0.5, 0.6) is 0 Å². The molecule has 0 spiro atoms. The van der Waals surface area contributed by atoms with E-state index in [0.29, 0.717) is 11.4 Å². The number of halogens is 1. The van der Waals surface area contributed by atoms with Crippen LogP contribution in [0.4, 0.5) is 0 Å². The van der Waals surface area contributed by atoms with Crippen LogP contribution < -0.4 is 4.72 Å². The molecule has 0 radical (unpaired) electrons. The first kappa shape index (κ1) is 24.3. The molecule has 36 heavy (non-hydrogen) atoms. The lowest BCUT2D eigenvalue weighted by molar-refractivity contribution is 0.0981. The monoisotopic (exact) mass is 534 g/mol. The van der Waals surface area contributed by atoms with Gasteiger partial charge < -0.3 is 4.98 Å². The Bertz CT molecular complexity index is 1690. The van der Waals surface area contributed by atoms with Gasteiger partial charge in [0.2, 0.25) is 0 Å². The number of amides is 1. The average Bonchev–Trinajstić information content (AvgIpc) is 3.48. The van der Waals surface area contributed by atoms with E-state index < -0.39 is 15.9 Å². The zero-order chi connectivity index (χ0) is 25.4. The van der Waals surface area contributed by atoms with E-state index >= 15 is 0 Å². The van der Waals surface area contributed by atoms with Crippen LogP contribution in [0.25, 0.3) is 21.3 Å². The highest BCUT2D eigenvalue weighted by Crippen LogP contribution is 2.32. The van der Waals surface area contributed by atoms with Crippen LogP contribution in [-0.2, 0) is 16.4 Å². The van der Waals surface area contributed by atoms with Gasteiger partial charge in [0.15, 0.2) is 0 Å². The summed E-state index contributed by atoms with van der Waals surface area (Å²) >= 11 is 8.32. The summed E-state index contributed by atoms with van der Waals surface area (Å²) in [4.78, 5) is 17.5. The predicted molar refractivity (Wildman–Crippen MR) is 146 cm³/mol. The van der Waals surface area contributed by atoms with Crippen LogP contribution >= 0.6 is 22.9 Å². The third kappa shape index (κ3) is 4.82. The molecule has 2 heterocycles. The summed E-state index contributed by atoms with van der Waals surface area (Å²) in [5, 5.41) is 3.56. The van der Waals surface area contributed by atoms with E-state index in [9.17, 15) is 13.2 Å². The molecule has 0 aliphatic rings. The number of aromatic nitrogens is 1. The fraction of sp³-hybridized carbons (Fsp3) is 0.107. The molecule has 0 atom stereocenters. The molecule has 0 saturated carbocycles. The number of aromatic amines is 1. The zero-order valence-electron chi connectivity index (χ0n) is 19.6. The Hall–Kier alpha value is -3.39. The Morgan fingerprint density at radius 2 is 1.78 bits per heavy atom. The van der Waals surface area contributed by atoms with Crippen molar-refractivity contribution in [3.63, 3.8) is 0 Å². The quantitative estimate of drug-likeness (QED) is 0.249. The highest BCUT2D eigenvalue weighted by molar-refractivity contribution is 7.90. The molecule has 0 saturated heterocycles. The number of carbonyl (C=O) groups excluding carboxylic acids is 1. The number of sulfonamides is 1. The molecule has 8 heteroatoms. The third-order valence-corrected chi connectivity index (χ3v) is 8.78. The first-order valence-electron chi connectivity index (χ1n) is 11.3. The minimum absolute atomic E-state index is 0.0429. The average molecular weight is 535 g/mol. The number of carbonyl (C=O) groups is 1. The summed E-state index contributed by atoms with van der Waals surface area (Å²) in [5.74, 6) is -0.680. The minimum Gasteiger partial charge on any atom is -0.358 e. The van der Waals surface area contributed by atoms with E-state index in [2.05, 4.69) is 21.8 Å². The van der Waals surface area contributed by atoms with Gasteiger partial charge in [-0.1, -0.05) is 47.5 Å². The largest absolute Gasteiger partial charge is 0.358 e. The van der Waals surface area contributed by atoms with Gasteiger partial charge in [0.05, 0.1) is 4.90 Å². The van der Waals surface area contributed by atoms with Crippen LogP contribution in [0, 0.1) is 13.8 Å². The van der Waals surface area contributed by atoms with Gasteiger partial charge in [0.1, 0.15) is 0 Å². The van der Waals surface area contributed by atoms with Crippen molar-refractivity contribution in [1.82, 2.24) is 9.71 Å². The van der Waals surface area contributed by atoms with Gasteiger partial charge in [-0.25, -0.2) is 13.1 Å². The fourth-order valence-electron chi connectivity index (χ4n) is 4.19. The van der Waals surface area contributed by atoms with E-state index in [4.69, 9.17) is 11.6 Å². The summed E-state index contributed by atoms with van der Waals surface area (Å²) in [6, 6.07) is 21.6. The maximum atomic E-state index is 12.9. The second kappa shape index (κ2) is 9.58. The Kier molecular flexibility index (Phi) is 6.47. The fourth-order valence-corrected chi connectivity index (χ4v) is 6.13. The lowest BCUT2D eigenvalue weighted by Crippen LogP contribution is -2.30. The summed E-state index contributed by atoms with van der Waals surface area (Å²) in [6.45, 7) is 3.84. The molecular formula is C28H23ClN2O3S2. The highest BCUT2D eigenvalue weighted by atomic mass is 35.5. The summed E-state index contributed by atoms with van der Waals surface area (Å²) < 4.78 is 27.6. The van der Waals surface area contributed by atoms with E-state index in [0.717, 1.165) is 43.7 Å². The molecule has 0 unspecified atom stereocenters. The molecule has 0 aliphatic heterocycles. The highest BCUT2D eigenvalue weighted by Gasteiger charge is 2.20. The van der Waals surface area contributed by atoms with Crippen LogP contribution in [-0.4, -0.2) is 19.3 Å². The van der Waals surface area contributed by atoms with Gasteiger partial charge in [-0.2, -0.15) is 0 Å². The lowest BCUT2D eigenvalue weighted by Gasteiger charge is -2.09. The molecule has 1 amide bonds. The molecule has 182 valence electrons. The molecule has 5 rings (SSSR count). The first-order valence-corrected chi connectivity index (χ1v) is 14.0. The van der Waals surface area contributed by atoms with Crippen molar-refractivity contribution in [1.29, 1.82) is 0 Å². The van der Waals surface area contributed by atoms with E-state index in [1.807, 2.05) is 37.4 Å². The van der Waals surface area contributed by atoms with Crippen LogP contribution in [0.1, 0.15) is 32.7 Å². The maximum Gasteiger partial charge on any atom is 0.265 e. The number of hydrogen-bond donors (Lipinski definition) is 2. The summed E-state index contributed by atoms with van der Waals surface area (Å²) in [7, 11) is -3.98. The topological polar surface area (TPSA) is 79.0 Å². The number of fused-ring (bicyclic) bond motifs is 1. The van der Waals surface area contributed by atoms with Crippen LogP contribution in [0.3, 0.4) is 0 Å². The van der Waals surface area contributed by atoms with Crippen molar-refractivity contribution in [2.24, 2.45) is 0 Å². The third-order valence-electron chi connectivity index (χ3n) is 6.17. The number of nitrogens with one attached hydrogen (secondary N) is 2. The zero-order valence-corrected chi connectivity index (χ0v) is 22.0. The molecule has 5 aromatic rings. The summed E-state index contributed by atoms with van der Waals surface area (Å²) in [5.41, 5.74) is 6.08. The molecule has 3 aromatic carbocycles. The van der Waals surface area contributed by atoms with E-state index in [-0.39, 0.29) is 10.5 Å². The Morgan fingerprint density at radius 1 is 1.00 bits per heavy atom. The van der Waals surface area contributed by atoms with E-state index in [1.165, 1.54) is 12.1 Å². The molecule has 2 N–H and O–H groups in total. The van der Waals surface area contributed by atoms with Gasteiger partial charge in [-0.3, -0.25) is 4.79 Å². The molecule has 0 aliphatic carbocycles. The predicted octanol–water partition coefficient (Wildman–Crippen LogP) is 6.88. The summed E-state index contributed by atoms with van der Waals surface area (Å²) in [6.07, 6.45) is 0.572. The normalized spacial score (nSPS) is 11.6. The molecule has 5 nitrogen and oxygen atoms in total. The van der Waals surface area contributed by atoms with Gasteiger partial charge in [0.25, 0.3) is 15.9 Å². The molecular weight excluding hydrogens is 512 g/mol. The van der Waals surface area contributed by atoms with Gasteiger partial charge in [-0.05, 0) is 78.4 Å². The lowest BCUT2D eigenvalue weighted by atomic mass is 9.99. The van der Waals surface area contributed by atoms with Crippen molar-refractivity contribution < 1.29 is 13.2 Å². The second-order valence-corrected chi connectivity index (χ2v) is 11.7. The smallest absolute Gasteiger partial charge is 0.265 e. The first-order chi connectivity index (χ1) is 17.2. The SMILES string of the molecule is Cc1ccc(S(=O)(=O)NC(=O)c2ccc3[nH]c(C)c(Cc4ccc(-c5cccs5)cc4Cl)c3c2)cc1. The number of benzene rings is 3. The van der Waals surface area contributed by atoms with Crippen molar-refractivity contribution >= 4 is 49.8 Å².